The highest BCUT2D eigenvalue weighted by Crippen LogP contribution is 2.43. The van der Waals surface area contributed by atoms with Gasteiger partial charge in [-0.3, -0.25) is 0 Å². The molecular weight excluding hydrogens is 322 g/mol. The second kappa shape index (κ2) is 5.56. The van der Waals surface area contributed by atoms with Crippen molar-refractivity contribution in [3.8, 4) is 0 Å². The zero-order valence-electron chi connectivity index (χ0n) is 10.4. The number of hydrogen-bond donors (Lipinski definition) is 1. The topological polar surface area (TPSA) is 12.0 Å². The van der Waals surface area contributed by atoms with Crippen LogP contribution in [0.5, 0.6) is 0 Å². The van der Waals surface area contributed by atoms with E-state index in [-0.39, 0.29) is 0 Å². The summed E-state index contributed by atoms with van der Waals surface area (Å²) in [6.07, 6.45) is 2.58. The zero-order valence-corrected chi connectivity index (χ0v) is 12.8. The van der Waals surface area contributed by atoms with Crippen LogP contribution in [0.15, 0.2) is 53.0 Å². The third-order valence-corrected chi connectivity index (χ3v) is 4.31. The predicted molar refractivity (Wildman–Crippen MR) is 84.7 cm³/mol. The second-order valence-corrected chi connectivity index (χ2v) is 6.32. The minimum absolute atomic E-state index is 0.355. The summed E-state index contributed by atoms with van der Waals surface area (Å²) in [5, 5.41) is 4.37. The fourth-order valence-electron chi connectivity index (χ4n) is 2.34. The van der Waals surface area contributed by atoms with Gasteiger partial charge < -0.3 is 5.32 Å². The van der Waals surface area contributed by atoms with Crippen LogP contribution in [0.3, 0.4) is 0 Å². The van der Waals surface area contributed by atoms with Crippen LogP contribution >= 0.6 is 27.5 Å². The summed E-state index contributed by atoms with van der Waals surface area (Å²) < 4.78 is 1.04. The van der Waals surface area contributed by atoms with Gasteiger partial charge >= 0.3 is 0 Å². The molecule has 19 heavy (non-hydrogen) atoms. The Labute approximate surface area is 127 Å². The van der Waals surface area contributed by atoms with Gasteiger partial charge in [-0.2, -0.15) is 0 Å². The third kappa shape index (κ3) is 3.13. The molecule has 3 rings (SSSR count). The minimum Gasteiger partial charge on any atom is -0.377 e. The lowest BCUT2D eigenvalue weighted by Gasteiger charge is -2.21. The first-order chi connectivity index (χ1) is 9.24. The molecule has 2 aromatic rings. The number of halogens is 2. The molecule has 0 aromatic heterocycles. The van der Waals surface area contributed by atoms with Crippen molar-refractivity contribution in [3.05, 3.63) is 63.6 Å². The van der Waals surface area contributed by atoms with Crippen molar-refractivity contribution >= 4 is 33.2 Å². The lowest BCUT2D eigenvalue weighted by atomic mass is 10.0. The van der Waals surface area contributed by atoms with Crippen LogP contribution in [0.25, 0.3) is 0 Å². The SMILES string of the molecule is Clc1ccc(Br)cc1NC(c1ccccc1)C1CC1. The maximum Gasteiger partial charge on any atom is 0.0638 e. The fraction of sp³-hybridized carbons (Fsp3) is 0.250. The average molecular weight is 337 g/mol. The maximum atomic E-state index is 6.27. The van der Waals surface area contributed by atoms with E-state index in [0.29, 0.717) is 6.04 Å². The highest BCUT2D eigenvalue weighted by molar-refractivity contribution is 9.10. The van der Waals surface area contributed by atoms with Crippen molar-refractivity contribution in [2.24, 2.45) is 5.92 Å². The van der Waals surface area contributed by atoms with Gasteiger partial charge in [-0.15, -0.1) is 0 Å². The first-order valence-corrected chi connectivity index (χ1v) is 7.67. The van der Waals surface area contributed by atoms with E-state index in [0.717, 1.165) is 21.1 Å². The van der Waals surface area contributed by atoms with Crippen LogP contribution in [0.1, 0.15) is 24.4 Å². The summed E-state index contributed by atoms with van der Waals surface area (Å²) in [6, 6.07) is 16.9. The molecule has 0 spiro atoms. The first kappa shape index (κ1) is 13.0. The summed E-state index contributed by atoms with van der Waals surface area (Å²) in [6.45, 7) is 0. The van der Waals surface area contributed by atoms with Crippen molar-refractivity contribution in [1.82, 2.24) is 0 Å². The van der Waals surface area contributed by atoms with Gasteiger partial charge in [0.25, 0.3) is 0 Å². The molecule has 1 atom stereocenters. The zero-order chi connectivity index (χ0) is 13.2. The van der Waals surface area contributed by atoms with Crippen LogP contribution in [0.4, 0.5) is 5.69 Å². The van der Waals surface area contributed by atoms with Gasteiger partial charge in [-0.25, -0.2) is 0 Å². The van der Waals surface area contributed by atoms with E-state index in [4.69, 9.17) is 11.6 Å². The van der Waals surface area contributed by atoms with Gasteiger partial charge in [-0.05, 0) is 42.5 Å². The lowest BCUT2D eigenvalue weighted by Crippen LogP contribution is -2.13. The van der Waals surface area contributed by atoms with E-state index in [1.54, 1.807) is 0 Å². The van der Waals surface area contributed by atoms with Gasteiger partial charge in [0.2, 0.25) is 0 Å². The van der Waals surface area contributed by atoms with E-state index in [1.165, 1.54) is 18.4 Å². The largest absolute Gasteiger partial charge is 0.377 e. The molecule has 0 amide bonds. The normalized spacial score (nSPS) is 16.1. The molecule has 1 aliphatic rings. The average Bonchev–Trinajstić information content (AvgIpc) is 3.25. The summed E-state index contributed by atoms with van der Waals surface area (Å²) >= 11 is 9.77. The van der Waals surface area contributed by atoms with Gasteiger partial charge in [0.15, 0.2) is 0 Å². The Morgan fingerprint density at radius 3 is 2.53 bits per heavy atom. The number of nitrogens with one attached hydrogen (secondary N) is 1. The Hall–Kier alpha value is -0.990. The predicted octanol–water partition coefficient (Wildman–Crippen LogP) is 5.67. The van der Waals surface area contributed by atoms with E-state index < -0.39 is 0 Å². The summed E-state index contributed by atoms with van der Waals surface area (Å²) in [7, 11) is 0. The van der Waals surface area contributed by atoms with Crippen LogP contribution in [-0.2, 0) is 0 Å². The Morgan fingerprint density at radius 1 is 1.11 bits per heavy atom. The Bertz CT molecular complexity index is 566. The molecule has 0 heterocycles. The molecule has 1 aliphatic carbocycles. The van der Waals surface area contributed by atoms with Crippen LogP contribution in [-0.4, -0.2) is 0 Å². The van der Waals surface area contributed by atoms with Gasteiger partial charge in [0.1, 0.15) is 0 Å². The monoisotopic (exact) mass is 335 g/mol. The van der Waals surface area contributed by atoms with Crippen molar-refractivity contribution in [2.45, 2.75) is 18.9 Å². The molecule has 3 heteroatoms. The Balaban J connectivity index is 1.88. The van der Waals surface area contributed by atoms with Gasteiger partial charge in [-0.1, -0.05) is 57.9 Å². The van der Waals surface area contributed by atoms with Crippen molar-refractivity contribution in [1.29, 1.82) is 0 Å². The smallest absolute Gasteiger partial charge is 0.0638 e. The molecule has 98 valence electrons. The molecule has 2 aromatic carbocycles. The van der Waals surface area contributed by atoms with Crippen LogP contribution in [0, 0.1) is 5.92 Å². The highest BCUT2D eigenvalue weighted by Gasteiger charge is 2.32. The third-order valence-electron chi connectivity index (χ3n) is 3.49. The van der Waals surface area contributed by atoms with E-state index in [1.807, 2.05) is 18.2 Å². The fourth-order valence-corrected chi connectivity index (χ4v) is 2.87. The second-order valence-electron chi connectivity index (χ2n) is 4.99. The van der Waals surface area contributed by atoms with E-state index in [9.17, 15) is 0 Å². The number of anilines is 1. The number of rotatable bonds is 4. The molecular formula is C16H15BrClN. The molecule has 0 bridgehead atoms. The molecule has 1 N–H and O–H groups in total. The molecule has 1 unspecified atom stereocenters. The summed E-state index contributed by atoms with van der Waals surface area (Å²) in [5.74, 6) is 0.720. The molecule has 1 saturated carbocycles. The highest BCUT2D eigenvalue weighted by atomic mass is 79.9. The summed E-state index contributed by atoms with van der Waals surface area (Å²) in [5.41, 5.74) is 2.33. The van der Waals surface area contributed by atoms with E-state index in [2.05, 4.69) is 51.6 Å². The quantitative estimate of drug-likeness (QED) is 0.759. The Kier molecular flexibility index (Phi) is 3.81. The molecule has 1 nitrogen and oxygen atoms in total. The Morgan fingerprint density at radius 2 is 1.84 bits per heavy atom. The molecule has 1 fully saturated rings. The maximum absolute atomic E-state index is 6.27. The number of benzene rings is 2. The van der Waals surface area contributed by atoms with Gasteiger partial charge in [0, 0.05) is 4.47 Å². The summed E-state index contributed by atoms with van der Waals surface area (Å²) in [4.78, 5) is 0. The lowest BCUT2D eigenvalue weighted by molar-refractivity contribution is 0.679. The van der Waals surface area contributed by atoms with Crippen LogP contribution in [0.2, 0.25) is 5.02 Å². The van der Waals surface area contributed by atoms with Crippen molar-refractivity contribution in [3.63, 3.8) is 0 Å². The van der Waals surface area contributed by atoms with Crippen molar-refractivity contribution < 1.29 is 0 Å². The van der Waals surface area contributed by atoms with Gasteiger partial charge in [0.05, 0.1) is 16.8 Å². The van der Waals surface area contributed by atoms with Crippen LogP contribution < -0.4 is 5.32 Å². The molecule has 0 radical (unpaired) electrons. The standard InChI is InChI=1S/C16H15BrClN/c17-13-8-9-14(18)15(10-13)19-16(12-6-7-12)11-4-2-1-3-5-11/h1-5,8-10,12,16,19H,6-7H2. The molecule has 0 aliphatic heterocycles. The first-order valence-electron chi connectivity index (χ1n) is 6.50. The number of hydrogen-bond acceptors (Lipinski definition) is 1. The van der Waals surface area contributed by atoms with E-state index >= 15 is 0 Å². The van der Waals surface area contributed by atoms with Crippen molar-refractivity contribution in [2.75, 3.05) is 5.32 Å². The minimum atomic E-state index is 0.355. The molecule has 0 saturated heterocycles.